The van der Waals surface area contributed by atoms with Gasteiger partial charge in [-0.15, -0.1) is 0 Å². The van der Waals surface area contributed by atoms with Gasteiger partial charge >= 0.3 is 0 Å². The summed E-state index contributed by atoms with van der Waals surface area (Å²) < 4.78 is 10.7. The van der Waals surface area contributed by atoms with E-state index in [4.69, 9.17) is 21.1 Å². The van der Waals surface area contributed by atoms with Gasteiger partial charge in [0, 0.05) is 28.2 Å². The monoisotopic (exact) mass is 372 g/mol. The summed E-state index contributed by atoms with van der Waals surface area (Å²) in [6, 6.07) is 12.9. The molecule has 0 radical (unpaired) electrons. The van der Waals surface area contributed by atoms with E-state index >= 15 is 0 Å². The third-order valence-electron chi connectivity index (χ3n) is 4.21. The SMILES string of the molecule is COc1ccc2[nH]c(C)c(CCNC(=O)COc3ccc(Cl)cc3)c2c1. The lowest BCUT2D eigenvalue weighted by Crippen LogP contribution is -2.30. The van der Waals surface area contributed by atoms with Crippen LogP contribution in [0.3, 0.4) is 0 Å². The molecule has 5 nitrogen and oxygen atoms in total. The van der Waals surface area contributed by atoms with Crippen molar-refractivity contribution in [1.82, 2.24) is 10.3 Å². The van der Waals surface area contributed by atoms with E-state index < -0.39 is 0 Å². The molecule has 0 unspecified atom stereocenters. The number of nitrogens with one attached hydrogen (secondary N) is 2. The van der Waals surface area contributed by atoms with Crippen molar-refractivity contribution in [2.45, 2.75) is 13.3 Å². The van der Waals surface area contributed by atoms with Crippen molar-refractivity contribution in [3.05, 3.63) is 58.7 Å². The molecule has 1 heterocycles. The third-order valence-corrected chi connectivity index (χ3v) is 4.46. The molecule has 136 valence electrons. The summed E-state index contributed by atoms with van der Waals surface area (Å²) >= 11 is 5.82. The van der Waals surface area contributed by atoms with E-state index in [2.05, 4.69) is 10.3 Å². The van der Waals surface area contributed by atoms with Crippen LogP contribution in [-0.4, -0.2) is 31.2 Å². The number of carbonyl (C=O) groups excluding carboxylic acids is 1. The van der Waals surface area contributed by atoms with Crippen LogP contribution in [0.5, 0.6) is 11.5 Å². The van der Waals surface area contributed by atoms with Gasteiger partial charge in [0.2, 0.25) is 0 Å². The van der Waals surface area contributed by atoms with E-state index in [1.165, 1.54) is 5.56 Å². The predicted molar refractivity (Wildman–Crippen MR) is 103 cm³/mol. The molecule has 0 bridgehead atoms. The molecule has 3 rings (SSSR count). The number of hydrogen-bond acceptors (Lipinski definition) is 3. The number of rotatable bonds is 7. The van der Waals surface area contributed by atoms with Crippen LogP contribution in [-0.2, 0) is 11.2 Å². The number of aryl methyl sites for hydroxylation is 1. The van der Waals surface area contributed by atoms with Gasteiger partial charge in [-0.05, 0) is 61.4 Å². The normalized spacial score (nSPS) is 10.7. The Labute approximate surface area is 157 Å². The zero-order valence-electron chi connectivity index (χ0n) is 14.8. The number of aromatic nitrogens is 1. The lowest BCUT2D eigenvalue weighted by Gasteiger charge is -2.08. The van der Waals surface area contributed by atoms with Crippen molar-refractivity contribution >= 4 is 28.4 Å². The maximum Gasteiger partial charge on any atom is 0.257 e. The zero-order chi connectivity index (χ0) is 18.5. The lowest BCUT2D eigenvalue weighted by atomic mass is 10.1. The molecule has 0 spiro atoms. The number of H-pyrrole nitrogens is 1. The Bertz CT molecular complexity index is 903. The van der Waals surface area contributed by atoms with Crippen LogP contribution in [0.15, 0.2) is 42.5 Å². The molecule has 0 fully saturated rings. The van der Waals surface area contributed by atoms with Crippen LogP contribution in [0.25, 0.3) is 10.9 Å². The molecule has 2 aromatic carbocycles. The molecule has 0 aliphatic carbocycles. The van der Waals surface area contributed by atoms with Gasteiger partial charge in [0.05, 0.1) is 7.11 Å². The highest BCUT2D eigenvalue weighted by molar-refractivity contribution is 6.30. The zero-order valence-corrected chi connectivity index (χ0v) is 15.5. The van der Waals surface area contributed by atoms with Crippen molar-refractivity contribution in [3.8, 4) is 11.5 Å². The van der Waals surface area contributed by atoms with Crippen LogP contribution >= 0.6 is 11.6 Å². The number of hydrogen-bond donors (Lipinski definition) is 2. The molecule has 2 N–H and O–H groups in total. The number of ether oxygens (including phenoxy) is 2. The van der Waals surface area contributed by atoms with Gasteiger partial charge in [-0.1, -0.05) is 11.6 Å². The van der Waals surface area contributed by atoms with E-state index in [1.54, 1.807) is 31.4 Å². The Morgan fingerprint density at radius 3 is 2.62 bits per heavy atom. The highest BCUT2D eigenvalue weighted by Gasteiger charge is 2.10. The van der Waals surface area contributed by atoms with Crippen LogP contribution in [0.2, 0.25) is 5.02 Å². The lowest BCUT2D eigenvalue weighted by molar-refractivity contribution is -0.123. The average Bonchev–Trinajstić information content (AvgIpc) is 2.96. The summed E-state index contributed by atoms with van der Waals surface area (Å²) in [4.78, 5) is 15.3. The van der Waals surface area contributed by atoms with E-state index in [0.717, 1.165) is 28.8 Å². The van der Waals surface area contributed by atoms with Gasteiger partial charge < -0.3 is 19.8 Å². The predicted octanol–water partition coefficient (Wildman–Crippen LogP) is 3.88. The van der Waals surface area contributed by atoms with Gasteiger partial charge in [0.25, 0.3) is 5.91 Å². The topological polar surface area (TPSA) is 63.3 Å². The molecule has 1 amide bonds. The molecule has 3 aromatic rings. The van der Waals surface area contributed by atoms with Gasteiger partial charge in [-0.3, -0.25) is 4.79 Å². The fourth-order valence-electron chi connectivity index (χ4n) is 2.87. The minimum atomic E-state index is -0.157. The van der Waals surface area contributed by atoms with Gasteiger partial charge in [-0.2, -0.15) is 0 Å². The van der Waals surface area contributed by atoms with Crippen LogP contribution in [0.1, 0.15) is 11.3 Å². The maximum absolute atomic E-state index is 12.0. The maximum atomic E-state index is 12.0. The van der Waals surface area contributed by atoms with Crippen molar-refractivity contribution in [1.29, 1.82) is 0 Å². The summed E-state index contributed by atoms with van der Waals surface area (Å²) in [6.07, 6.45) is 0.728. The number of aromatic amines is 1. The third kappa shape index (κ3) is 4.29. The molecule has 0 saturated carbocycles. The largest absolute Gasteiger partial charge is 0.497 e. The van der Waals surface area contributed by atoms with E-state index in [9.17, 15) is 4.79 Å². The molecule has 6 heteroatoms. The highest BCUT2D eigenvalue weighted by atomic mass is 35.5. The summed E-state index contributed by atoms with van der Waals surface area (Å²) in [5.74, 6) is 1.28. The minimum absolute atomic E-state index is 0.0255. The standard InChI is InChI=1S/C20H21ClN2O3/c1-13-17(18-11-16(25-2)7-8-19(18)23-13)9-10-22-20(24)12-26-15-5-3-14(21)4-6-15/h3-8,11,23H,9-10,12H2,1-2H3,(H,22,24). The second-order valence-corrected chi connectivity index (χ2v) is 6.42. The summed E-state index contributed by atoms with van der Waals surface area (Å²) in [5.41, 5.74) is 3.34. The number of halogens is 1. The van der Waals surface area contributed by atoms with E-state index in [1.807, 2.05) is 25.1 Å². The second kappa shape index (κ2) is 8.15. The second-order valence-electron chi connectivity index (χ2n) is 5.98. The first-order valence-corrected chi connectivity index (χ1v) is 8.75. The Kier molecular flexibility index (Phi) is 5.68. The number of amides is 1. The number of carbonyl (C=O) groups is 1. The van der Waals surface area contributed by atoms with Crippen LogP contribution in [0.4, 0.5) is 0 Å². The van der Waals surface area contributed by atoms with Gasteiger partial charge in [0.15, 0.2) is 6.61 Å². The van der Waals surface area contributed by atoms with Crippen molar-refractivity contribution < 1.29 is 14.3 Å². The number of methoxy groups -OCH3 is 1. The first-order valence-electron chi connectivity index (χ1n) is 8.37. The average molecular weight is 373 g/mol. The van der Waals surface area contributed by atoms with Crippen molar-refractivity contribution in [3.63, 3.8) is 0 Å². The molecule has 0 aliphatic rings. The quantitative estimate of drug-likeness (QED) is 0.661. The highest BCUT2D eigenvalue weighted by Crippen LogP contribution is 2.26. The molecule has 1 aromatic heterocycles. The summed E-state index contributed by atoms with van der Waals surface area (Å²) in [6.45, 7) is 2.55. The molecule has 26 heavy (non-hydrogen) atoms. The van der Waals surface area contributed by atoms with E-state index in [-0.39, 0.29) is 12.5 Å². The number of fused-ring (bicyclic) bond motifs is 1. The molecule has 0 saturated heterocycles. The summed E-state index contributed by atoms with van der Waals surface area (Å²) in [7, 11) is 1.65. The fourth-order valence-corrected chi connectivity index (χ4v) is 2.99. The van der Waals surface area contributed by atoms with Crippen LogP contribution in [0, 0.1) is 6.92 Å². The minimum Gasteiger partial charge on any atom is -0.497 e. The Hall–Kier alpha value is -2.66. The molecule has 0 aliphatic heterocycles. The smallest absolute Gasteiger partial charge is 0.257 e. The summed E-state index contributed by atoms with van der Waals surface area (Å²) in [5, 5.41) is 4.64. The first kappa shape index (κ1) is 18.1. The Morgan fingerprint density at radius 2 is 1.88 bits per heavy atom. The molecular formula is C20H21ClN2O3. The van der Waals surface area contributed by atoms with Gasteiger partial charge in [0.1, 0.15) is 11.5 Å². The molecule has 0 atom stereocenters. The molecular weight excluding hydrogens is 352 g/mol. The first-order chi connectivity index (χ1) is 12.6. The number of benzene rings is 2. The van der Waals surface area contributed by atoms with Crippen molar-refractivity contribution in [2.75, 3.05) is 20.3 Å². The van der Waals surface area contributed by atoms with E-state index in [0.29, 0.717) is 17.3 Å². The Morgan fingerprint density at radius 1 is 1.15 bits per heavy atom. The van der Waals surface area contributed by atoms with Crippen LogP contribution < -0.4 is 14.8 Å². The Balaban J connectivity index is 1.54. The fraction of sp³-hybridized carbons (Fsp3) is 0.250. The van der Waals surface area contributed by atoms with Crippen molar-refractivity contribution in [2.24, 2.45) is 0 Å². The van der Waals surface area contributed by atoms with Gasteiger partial charge in [-0.25, -0.2) is 0 Å².